The van der Waals surface area contributed by atoms with Gasteiger partial charge in [-0.05, 0) is 6.07 Å². The lowest BCUT2D eigenvalue weighted by molar-refractivity contribution is 0.102. The van der Waals surface area contributed by atoms with Crippen LogP contribution in [-0.4, -0.2) is 15.3 Å². The molecule has 0 saturated heterocycles. The van der Waals surface area contributed by atoms with E-state index < -0.39 is 0 Å². The zero-order chi connectivity index (χ0) is 11.8. The van der Waals surface area contributed by atoms with E-state index in [9.17, 15) is 4.79 Å². The van der Waals surface area contributed by atoms with Crippen molar-refractivity contribution in [3.63, 3.8) is 0 Å². The van der Waals surface area contributed by atoms with E-state index in [1.54, 1.807) is 28.3 Å². The minimum Gasteiger partial charge on any atom is -0.331 e. The van der Waals surface area contributed by atoms with Crippen LogP contribution in [0.2, 0.25) is 0 Å². The van der Waals surface area contributed by atoms with Gasteiger partial charge in [0, 0.05) is 40.5 Å². The van der Waals surface area contributed by atoms with Crippen molar-refractivity contribution in [3.05, 3.63) is 53.4 Å². The summed E-state index contributed by atoms with van der Waals surface area (Å²) in [5.74, 6) is 0.462. The number of fused-ring (bicyclic) bond motifs is 1. The Morgan fingerprint density at radius 2 is 2.18 bits per heavy atom. The number of rotatable bonds is 2. The number of aromatic nitrogens is 2. The Morgan fingerprint density at radius 1 is 1.35 bits per heavy atom. The Bertz CT molecular complexity index is 696. The molecular weight excluding hydrogens is 232 g/mol. The molecule has 0 atom stereocenters. The van der Waals surface area contributed by atoms with Crippen LogP contribution >= 0.6 is 11.3 Å². The molecule has 0 spiro atoms. The molecule has 17 heavy (non-hydrogen) atoms. The highest BCUT2D eigenvalue weighted by Gasteiger charge is 2.17. The second-order valence-corrected chi connectivity index (χ2v) is 4.75. The van der Waals surface area contributed by atoms with Crippen LogP contribution in [0.3, 0.4) is 0 Å². The molecule has 2 aromatic heterocycles. The topological polar surface area (TPSA) is 34.9 Å². The first-order chi connectivity index (χ1) is 8.27. The summed E-state index contributed by atoms with van der Waals surface area (Å²) in [4.78, 5) is 16.4. The molecule has 0 bridgehead atoms. The largest absolute Gasteiger partial charge is 0.331 e. The van der Waals surface area contributed by atoms with Gasteiger partial charge in [0.1, 0.15) is 0 Å². The van der Waals surface area contributed by atoms with Gasteiger partial charge in [0.2, 0.25) is 5.78 Å². The number of nitrogens with zero attached hydrogens (tertiary/aromatic N) is 2. The Kier molecular flexibility index (Phi) is 2.30. The van der Waals surface area contributed by atoms with Gasteiger partial charge in [0.25, 0.3) is 0 Å². The van der Waals surface area contributed by atoms with Gasteiger partial charge in [-0.2, -0.15) is 0 Å². The lowest BCUT2D eigenvalue weighted by atomic mass is 10.1. The van der Waals surface area contributed by atoms with Crippen LogP contribution in [0.5, 0.6) is 0 Å². The van der Waals surface area contributed by atoms with E-state index in [0.717, 1.165) is 15.6 Å². The van der Waals surface area contributed by atoms with Gasteiger partial charge in [0.05, 0.1) is 0 Å². The smallest absolute Gasteiger partial charge is 0.229 e. The molecule has 3 rings (SSSR count). The van der Waals surface area contributed by atoms with Crippen LogP contribution in [0.25, 0.3) is 10.1 Å². The van der Waals surface area contributed by atoms with Crippen molar-refractivity contribution in [2.24, 2.45) is 7.05 Å². The molecule has 0 aliphatic carbocycles. The number of carbonyl (C=O) groups is 1. The first-order valence-corrected chi connectivity index (χ1v) is 6.13. The van der Waals surface area contributed by atoms with Crippen LogP contribution in [0.4, 0.5) is 0 Å². The van der Waals surface area contributed by atoms with Gasteiger partial charge in [-0.25, -0.2) is 4.98 Å². The van der Waals surface area contributed by atoms with Crippen LogP contribution < -0.4 is 0 Å². The van der Waals surface area contributed by atoms with E-state index in [1.807, 2.05) is 36.7 Å². The molecule has 0 unspecified atom stereocenters. The van der Waals surface area contributed by atoms with Gasteiger partial charge >= 0.3 is 0 Å². The fourth-order valence-electron chi connectivity index (χ4n) is 1.86. The SMILES string of the molecule is Cn1ccnc1C(=O)c1csc2ccccc12. The Balaban J connectivity index is 2.17. The summed E-state index contributed by atoms with van der Waals surface area (Å²) >= 11 is 1.59. The summed E-state index contributed by atoms with van der Waals surface area (Å²) in [5, 5.41) is 2.91. The minimum absolute atomic E-state index is 0.0186. The summed E-state index contributed by atoms with van der Waals surface area (Å²) in [5.41, 5.74) is 0.736. The van der Waals surface area contributed by atoms with Crippen LogP contribution in [-0.2, 0) is 7.05 Å². The predicted octanol–water partition coefficient (Wildman–Crippen LogP) is 2.87. The highest BCUT2D eigenvalue weighted by Crippen LogP contribution is 2.27. The third-order valence-electron chi connectivity index (χ3n) is 2.75. The summed E-state index contributed by atoms with van der Waals surface area (Å²) in [6.45, 7) is 0. The quantitative estimate of drug-likeness (QED) is 0.648. The number of ketones is 1. The number of benzene rings is 1. The number of thiophene rings is 1. The molecule has 2 heterocycles. The molecule has 3 aromatic rings. The number of aryl methyl sites for hydroxylation is 1. The van der Waals surface area contributed by atoms with Crippen molar-refractivity contribution in [2.45, 2.75) is 0 Å². The van der Waals surface area contributed by atoms with Crippen molar-refractivity contribution >= 4 is 27.2 Å². The lowest BCUT2D eigenvalue weighted by Crippen LogP contribution is -2.07. The second-order valence-electron chi connectivity index (χ2n) is 3.84. The molecule has 1 aromatic carbocycles. The monoisotopic (exact) mass is 242 g/mol. The van der Waals surface area contributed by atoms with Crippen molar-refractivity contribution in [3.8, 4) is 0 Å². The Hall–Kier alpha value is -1.94. The van der Waals surface area contributed by atoms with Crippen LogP contribution in [0.15, 0.2) is 42.0 Å². The second kappa shape index (κ2) is 3.82. The van der Waals surface area contributed by atoms with Crippen LogP contribution in [0, 0.1) is 0 Å². The average Bonchev–Trinajstić information content (AvgIpc) is 2.94. The molecule has 0 aliphatic heterocycles. The highest BCUT2D eigenvalue weighted by atomic mass is 32.1. The van der Waals surface area contributed by atoms with E-state index in [2.05, 4.69) is 4.98 Å². The zero-order valence-electron chi connectivity index (χ0n) is 9.25. The lowest BCUT2D eigenvalue weighted by Gasteiger charge is -1.99. The standard InChI is InChI=1S/C13H10N2OS/c1-15-7-6-14-13(15)12(16)10-8-17-11-5-3-2-4-9(10)11/h2-8H,1H3. The van der Waals surface area contributed by atoms with E-state index in [-0.39, 0.29) is 5.78 Å². The summed E-state index contributed by atoms with van der Waals surface area (Å²) < 4.78 is 2.87. The molecule has 0 amide bonds. The van der Waals surface area contributed by atoms with Crippen molar-refractivity contribution in [1.82, 2.24) is 9.55 Å². The molecule has 0 fully saturated rings. The summed E-state index contributed by atoms with van der Waals surface area (Å²) in [6.07, 6.45) is 3.42. The van der Waals surface area contributed by atoms with E-state index in [4.69, 9.17) is 0 Å². The average molecular weight is 242 g/mol. The van der Waals surface area contributed by atoms with E-state index in [1.165, 1.54) is 0 Å². The number of carbonyl (C=O) groups excluding carboxylic acids is 1. The minimum atomic E-state index is -0.0186. The molecule has 84 valence electrons. The van der Waals surface area contributed by atoms with Gasteiger partial charge in [-0.3, -0.25) is 4.79 Å². The molecule has 0 N–H and O–H groups in total. The third-order valence-corrected chi connectivity index (χ3v) is 3.71. The van der Waals surface area contributed by atoms with Gasteiger partial charge in [-0.15, -0.1) is 11.3 Å². The molecule has 0 radical (unpaired) electrons. The van der Waals surface area contributed by atoms with Crippen molar-refractivity contribution in [2.75, 3.05) is 0 Å². The Morgan fingerprint density at radius 3 is 2.94 bits per heavy atom. The predicted molar refractivity (Wildman–Crippen MR) is 68.5 cm³/mol. The third kappa shape index (κ3) is 1.57. The van der Waals surface area contributed by atoms with Crippen molar-refractivity contribution in [1.29, 1.82) is 0 Å². The number of imidazole rings is 1. The normalized spacial score (nSPS) is 10.9. The molecule has 0 aliphatic rings. The van der Waals surface area contributed by atoms with Crippen LogP contribution in [0.1, 0.15) is 16.2 Å². The van der Waals surface area contributed by atoms with Gasteiger partial charge in [0.15, 0.2) is 5.82 Å². The number of hydrogen-bond acceptors (Lipinski definition) is 3. The maximum Gasteiger partial charge on any atom is 0.229 e. The van der Waals surface area contributed by atoms with Gasteiger partial charge < -0.3 is 4.57 Å². The molecule has 3 nitrogen and oxygen atoms in total. The highest BCUT2D eigenvalue weighted by molar-refractivity contribution is 7.17. The van der Waals surface area contributed by atoms with E-state index >= 15 is 0 Å². The Labute approximate surface area is 102 Å². The summed E-state index contributed by atoms with van der Waals surface area (Å²) in [6, 6.07) is 7.93. The van der Waals surface area contributed by atoms with Crippen molar-refractivity contribution < 1.29 is 4.79 Å². The molecule has 4 heteroatoms. The summed E-state index contributed by atoms with van der Waals surface area (Å²) in [7, 11) is 1.83. The number of hydrogen-bond donors (Lipinski definition) is 0. The fraction of sp³-hybridized carbons (Fsp3) is 0.0769. The first kappa shape index (κ1) is 10.2. The molecular formula is C13H10N2OS. The maximum atomic E-state index is 12.3. The maximum absolute atomic E-state index is 12.3. The zero-order valence-corrected chi connectivity index (χ0v) is 10.1. The fourth-order valence-corrected chi connectivity index (χ4v) is 2.80. The molecule has 0 saturated carbocycles. The first-order valence-electron chi connectivity index (χ1n) is 5.25. The van der Waals surface area contributed by atoms with E-state index in [0.29, 0.717) is 5.82 Å². The van der Waals surface area contributed by atoms with Gasteiger partial charge in [-0.1, -0.05) is 18.2 Å².